The summed E-state index contributed by atoms with van der Waals surface area (Å²) in [4.78, 5) is 0. The zero-order valence-corrected chi connectivity index (χ0v) is 12.7. The molecule has 0 spiro atoms. The van der Waals surface area contributed by atoms with Gasteiger partial charge in [0.05, 0.1) is 3.23 Å². The van der Waals surface area contributed by atoms with Gasteiger partial charge in [0.25, 0.3) is 0 Å². The molecule has 78 valence electrons. The molecular weight excluding hydrogens is 312 g/mol. The maximum Gasteiger partial charge on any atom is 0.0866 e. The van der Waals surface area contributed by atoms with Crippen LogP contribution in [0.5, 0.6) is 0 Å². The molecule has 0 aromatic heterocycles. The van der Waals surface area contributed by atoms with Crippen LogP contribution in [0.15, 0.2) is 0 Å². The Morgan fingerprint density at radius 1 is 1.23 bits per heavy atom. The Bertz CT molecular complexity index is 189. The summed E-state index contributed by atoms with van der Waals surface area (Å²) in [5.41, 5.74) is 0. The van der Waals surface area contributed by atoms with Crippen molar-refractivity contribution in [1.29, 1.82) is 0 Å². The SMILES string of the molecule is C[Si](C)(C)CC1C(CCO)C1(Br)Br. The van der Waals surface area contributed by atoms with Crippen LogP contribution < -0.4 is 0 Å². The Kier molecular flexibility index (Phi) is 3.71. The highest BCUT2D eigenvalue weighted by molar-refractivity contribution is 9.25. The van der Waals surface area contributed by atoms with E-state index in [2.05, 4.69) is 51.5 Å². The molecule has 0 aliphatic heterocycles. The number of hydrogen-bond donors (Lipinski definition) is 1. The molecule has 1 aliphatic rings. The number of rotatable bonds is 4. The zero-order chi connectivity index (χ0) is 10.3. The molecule has 0 saturated heterocycles. The van der Waals surface area contributed by atoms with Crippen LogP contribution in [0.3, 0.4) is 0 Å². The molecule has 0 bridgehead atoms. The van der Waals surface area contributed by atoms with Gasteiger partial charge >= 0.3 is 0 Å². The summed E-state index contributed by atoms with van der Waals surface area (Å²) in [6.45, 7) is 7.51. The maximum atomic E-state index is 8.89. The number of hydrogen-bond acceptors (Lipinski definition) is 1. The fourth-order valence-electron chi connectivity index (χ4n) is 1.93. The Morgan fingerprint density at radius 2 is 1.77 bits per heavy atom. The first-order valence-electron chi connectivity index (χ1n) is 4.77. The lowest BCUT2D eigenvalue weighted by molar-refractivity contribution is 0.277. The first kappa shape index (κ1) is 12.2. The van der Waals surface area contributed by atoms with Crippen LogP contribution in [0.1, 0.15) is 6.42 Å². The quantitative estimate of drug-likeness (QED) is 0.618. The normalized spacial score (nSPS) is 31.8. The van der Waals surface area contributed by atoms with Crippen molar-refractivity contribution < 1.29 is 5.11 Å². The largest absolute Gasteiger partial charge is 0.396 e. The molecule has 1 nitrogen and oxygen atoms in total. The van der Waals surface area contributed by atoms with Gasteiger partial charge in [-0.2, -0.15) is 0 Å². The first-order chi connectivity index (χ1) is 5.79. The Morgan fingerprint density at radius 3 is 2.15 bits per heavy atom. The minimum atomic E-state index is -0.959. The van der Waals surface area contributed by atoms with E-state index in [4.69, 9.17) is 5.11 Å². The Balaban J connectivity index is 2.46. The Labute approximate surface area is 98.6 Å². The molecule has 0 heterocycles. The zero-order valence-electron chi connectivity index (χ0n) is 8.48. The highest BCUT2D eigenvalue weighted by atomic mass is 79.9. The molecule has 13 heavy (non-hydrogen) atoms. The van der Waals surface area contributed by atoms with Gasteiger partial charge in [-0.1, -0.05) is 57.5 Å². The lowest BCUT2D eigenvalue weighted by atomic mass is 10.3. The predicted molar refractivity (Wildman–Crippen MR) is 67.4 cm³/mol. The van der Waals surface area contributed by atoms with Gasteiger partial charge in [0, 0.05) is 14.7 Å². The van der Waals surface area contributed by atoms with Crippen molar-refractivity contribution in [3.8, 4) is 0 Å². The second kappa shape index (κ2) is 3.95. The van der Waals surface area contributed by atoms with Crippen molar-refractivity contribution in [2.24, 2.45) is 11.8 Å². The molecule has 0 radical (unpaired) electrons. The minimum absolute atomic E-state index is 0.142. The van der Waals surface area contributed by atoms with Crippen LogP contribution in [0.25, 0.3) is 0 Å². The van der Waals surface area contributed by atoms with Crippen molar-refractivity contribution in [3.05, 3.63) is 0 Å². The molecular formula is C9H18Br2OSi. The van der Waals surface area contributed by atoms with Crippen molar-refractivity contribution in [2.45, 2.75) is 35.3 Å². The number of alkyl halides is 2. The molecule has 1 rings (SSSR count). The molecule has 2 atom stereocenters. The molecule has 0 aromatic rings. The maximum absolute atomic E-state index is 8.89. The van der Waals surface area contributed by atoms with Gasteiger partial charge in [-0.3, -0.25) is 0 Å². The van der Waals surface area contributed by atoms with Gasteiger partial charge in [0.15, 0.2) is 0 Å². The van der Waals surface area contributed by atoms with E-state index in [1.165, 1.54) is 6.04 Å². The highest BCUT2D eigenvalue weighted by Gasteiger charge is 2.61. The second-order valence-corrected chi connectivity index (χ2v) is 14.4. The summed E-state index contributed by atoms with van der Waals surface area (Å²) in [7, 11) is -0.959. The highest BCUT2D eigenvalue weighted by Crippen LogP contribution is 2.65. The van der Waals surface area contributed by atoms with Crippen LogP contribution in [0.2, 0.25) is 25.7 Å². The average Bonchev–Trinajstić information content (AvgIpc) is 2.36. The average molecular weight is 330 g/mol. The summed E-state index contributed by atoms with van der Waals surface area (Å²) in [6.07, 6.45) is 0.922. The van der Waals surface area contributed by atoms with Gasteiger partial charge in [-0.25, -0.2) is 0 Å². The summed E-state index contributed by atoms with van der Waals surface area (Å²) in [5.74, 6) is 1.36. The lowest BCUT2D eigenvalue weighted by Crippen LogP contribution is -2.21. The van der Waals surface area contributed by atoms with Gasteiger partial charge in [0.1, 0.15) is 0 Å². The van der Waals surface area contributed by atoms with Gasteiger partial charge in [-0.05, 0) is 18.3 Å². The smallest absolute Gasteiger partial charge is 0.0866 e. The molecule has 1 aliphatic carbocycles. The van der Waals surface area contributed by atoms with Crippen LogP contribution in [-0.4, -0.2) is 23.0 Å². The van der Waals surface area contributed by atoms with E-state index in [-0.39, 0.29) is 3.23 Å². The molecule has 1 N–H and O–H groups in total. The molecule has 1 saturated carbocycles. The number of aliphatic hydroxyl groups excluding tert-OH is 1. The molecule has 0 amide bonds. The van der Waals surface area contributed by atoms with Crippen LogP contribution in [0.4, 0.5) is 0 Å². The second-order valence-electron chi connectivity index (χ2n) is 5.16. The molecule has 4 heteroatoms. The predicted octanol–water partition coefficient (Wildman–Crippen LogP) is 3.44. The van der Waals surface area contributed by atoms with Crippen molar-refractivity contribution in [3.63, 3.8) is 0 Å². The van der Waals surface area contributed by atoms with E-state index in [0.29, 0.717) is 12.5 Å². The number of aliphatic hydroxyl groups is 1. The standard InChI is InChI=1S/C9H18Br2OSi/c1-13(2,3)6-8-7(4-5-12)9(8,10)11/h7-8,12H,4-6H2,1-3H3. The van der Waals surface area contributed by atoms with Crippen LogP contribution in [-0.2, 0) is 0 Å². The fourth-order valence-corrected chi connectivity index (χ4v) is 6.25. The molecule has 0 aromatic carbocycles. The number of halogens is 2. The van der Waals surface area contributed by atoms with E-state index in [1.54, 1.807) is 0 Å². The minimum Gasteiger partial charge on any atom is -0.396 e. The van der Waals surface area contributed by atoms with Crippen molar-refractivity contribution >= 4 is 39.9 Å². The van der Waals surface area contributed by atoms with E-state index in [0.717, 1.165) is 12.3 Å². The van der Waals surface area contributed by atoms with E-state index >= 15 is 0 Å². The fraction of sp³-hybridized carbons (Fsp3) is 1.00. The summed E-state index contributed by atoms with van der Waals surface area (Å²) in [6, 6.07) is 1.34. The van der Waals surface area contributed by atoms with E-state index < -0.39 is 8.07 Å². The third-order valence-electron chi connectivity index (χ3n) is 2.64. The Hall–Kier alpha value is 1.14. The molecule has 2 unspecified atom stereocenters. The third kappa shape index (κ3) is 3.04. The molecule has 1 fully saturated rings. The monoisotopic (exact) mass is 328 g/mol. The lowest BCUT2D eigenvalue weighted by Gasteiger charge is -2.15. The van der Waals surface area contributed by atoms with Crippen LogP contribution in [0, 0.1) is 11.8 Å². The van der Waals surface area contributed by atoms with E-state index in [1.807, 2.05) is 0 Å². The topological polar surface area (TPSA) is 20.2 Å². The van der Waals surface area contributed by atoms with Crippen molar-refractivity contribution in [2.75, 3.05) is 6.61 Å². The van der Waals surface area contributed by atoms with Crippen LogP contribution >= 0.6 is 31.9 Å². The van der Waals surface area contributed by atoms with Gasteiger partial charge in [-0.15, -0.1) is 0 Å². The van der Waals surface area contributed by atoms with Gasteiger partial charge < -0.3 is 5.11 Å². The van der Waals surface area contributed by atoms with E-state index in [9.17, 15) is 0 Å². The summed E-state index contributed by atoms with van der Waals surface area (Å²) < 4.78 is 0.142. The third-order valence-corrected chi connectivity index (χ3v) is 6.65. The first-order valence-corrected chi connectivity index (χ1v) is 10.1. The summed E-state index contributed by atoms with van der Waals surface area (Å²) >= 11 is 7.40. The van der Waals surface area contributed by atoms with Gasteiger partial charge in [0.2, 0.25) is 0 Å². The summed E-state index contributed by atoms with van der Waals surface area (Å²) in [5, 5.41) is 8.89. The van der Waals surface area contributed by atoms with Crippen molar-refractivity contribution in [1.82, 2.24) is 0 Å².